The molecular formula is C11H11NO. The molecule has 2 nitrogen and oxygen atoms in total. The molecule has 13 heavy (non-hydrogen) atoms. The molecular weight excluding hydrogens is 162 g/mol. The van der Waals surface area contributed by atoms with Crippen LogP contribution in [0.2, 0.25) is 0 Å². The Morgan fingerprint density at radius 1 is 1.46 bits per heavy atom. The Bertz CT molecular complexity index is 343. The summed E-state index contributed by atoms with van der Waals surface area (Å²) >= 11 is 0. The van der Waals surface area contributed by atoms with E-state index < -0.39 is 0 Å². The fraction of sp³-hybridized carbons (Fsp3) is 0.0909. The van der Waals surface area contributed by atoms with Crippen molar-refractivity contribution in [1.82, 2.24) is 0 Å². The number of carbonyl (C=O) groups is 1. The molecule has 0 amide bonds. The molecule has 0 aliphatic carbocycles. The van der Waals surface area contributed by atoms with Crippen molar-refractivity contribution in [1.29, 1.82) is 0 Å². The van der Waals surface area contributed by atoms with Crippen LogP contribution in [0.25, 0.3) is 0 Å². The molecule has 0 aromatic heterocycles. The molecule has 2 heteroatoms. The van der Waals surface area contributed by atoms with E-state index in [1.165, 1.54) is 6.08 Å². The number of carbonyl (C=O) groups excluding carboxylic acids is 1. The maximum Gasteiger partial charge on any atom is 0.168 e. The molecule has 0 aliphatic rings. The number of hydrogen-bond acceptors (Lipinski definition) is 2. The first-order valence-corrected chi connectivity index (χ1v) is 4.00. The number of rotatable bonds is 3. The summed E-state index contributed by atoms with van der Waals surface area (Å²) in [7, 11) is 0. The normalized spacial score (nSPS) is 11.0. The van der Waals surface area contributed by atoms with Gasteiger partial charge in [0.15, 0.2) is 6.29 Å². The molecule has 0 aliphatic heterocycles. The standard InChI is InChI=1S/C11H11NO/c1-3-10(8-13)12-11-7-5-4-6-9(11)2/h3-8H,1H2,2H3. The van der Waals surface area contributed by atoms with Crippen molar-refractivity contribution < 1.29 is 4.79 Å². The van der Waals surface area contributed by atoms with Gasteiger partial charge in [0.2, 0.25) is 0 Å². The highest BCUT2D eigenvalue weighted by molar-refractivity contribution is 6.34. The Kier molecular flexibility index (Phi) is 3.15. The van der Waals surface area contributed by atoms with Gasteiger partial charge in [-0.2, -0.15) is 0 Å². The van der Waals surface area contributed by atoms with Gasteiger partial charge >= 0.3 is 0 Å². The molecule has 1 aromatic rings. The minimum Gasteiger partial charge on any atom is -0.296 e. The molecule has 1 rings (SSSR count). The molecule has 0 fully saturated rings. The predicted octanol–water partition coefficient (Wildman–Crippen LogP) is 2.45. The smallest absolute Gasteiger partial charge is 0.168 e. The van der Waals surface area contributed by atoms with Crippen molar-refractivity contribution in [3.05, 3.63) is 42.5 Å². The molecule has 0 heterocycles. The van der Waals surface area contributed by atoms with Gasteiger partial charge in [0.25, 0.3) is 0 Å². The van der Waals surface area contributed by atoms with Crippen molar-refractivity contribution in [2.75, 3.05) is 0 Å². The lowest BCUT2D eigenvalue weighted by molar-refractivity contribution is -0.102. The average Bonchev–Trinajstić information content (AvgIpc) is 2.17. The van der Waals surface area contributed by atoms with Crippen molar-refractivity contribution in [3.63, 3.8) is 0 Å². The Morgan fingerprint density at radius 3 is 2.69 bits per heavy atom. The van der Waals surface area contributed by atoms with E-state index in [2.05, 4.69) is 11.6 Å². The Balaban J connectivity index is 3.09. The van der Waals surface area contributed by atoms with Crippen LogP contribution in [0.5, 0.6) is 0 Å². The molecule has 0 saturated heterocycles. The Labute approximate surface area is 77.6 Å². The second kappa shape index (κ2) is 4.36. The van der Waals surface area contributed by atoms with Crippen LogP contribution in [0.3, 0.4) is 0 Å². The number of para-hydroxylation sites is 1. The van der Waals surface area contributed by atoms with Crippen LogP contribution in [-0.4, -0.2) is 12.0 Å². The number of allylic oxidation sites excluding steroid dienone is 1. The fourth-order valence-electron chi connectivity index (χ4n) is 0.948. The van der Waals surface area contributed by atoms with E-state index in [0.29, 0.717) is 12.0 Å². The van der Waals surface area contributed by atoms with Crippen LogP contribution in [0, 0.1) is 6.92 Å². The van der Waals surface area contributed by atoms with Crippen LogP contribution in [0.4, 0.5) is 5.69 Å². The Morgan fingerprint density at radius 2 is 2.15 bits per heavy atom. The van der Waals surface area contributed by atoms with E-state index >= 15 is 0 Å². The average molecular weight is 173 g/mol. The first-order chi connectivity index (χ1) is 6.27. The lowest BCUT2D eigenvalue weighted by atomic mass is 10.2. The summed E-state index contributed by atoms with van der Waals surface area (Å²) in [4.78, 5) is 14.6. The SMILES string of the molecule is C=CC(C=O)=Nc1ccccc1C. The van der Waals surface area contributed by atoms with E-state index in [9.17, 15) is 4.79 Å². The number of benzene rings is 1. The minimum absolute atomic E-state index is 0.356. The van der Waals surface area contributed by atoms with Crippen molar-refractivity contribution in [2.24, 2.45) is 4.99 Å². The lowest BCUT2D eigenvalue weighted by Crippen LogP contribution is -1.92. The molecule has 66 valence electrons. The quantitative estimate of drug-likeness (QED) is 0.510. The second-order valence-corrected chi connectivity index (χ2v) is 2.65. The molecule has 0 atom stereocenters. The largest absolute Gasteiger partial charge is 0.296 e. The molecule has 0 unspecified atom stereocenters. The van der Waals surface area contributed by atoms with Gasteiger partial charge in [-0.05, 0) is 24.6 Å². The molecule has 0 spiro atoms. The van der Waals surface area contributed by atoms with E-state index in [0.717, 1.165) is 11.3 Å². The molecule has 0 bridgehead atoms. The van der Waals surface area contributed by atoms with Crippen LogP contribution < -0.4 is 0 Å². The molecule has 1 aromatic carbocycles. The molecule has 0 saturated carbocycles. The summed E-state index contributed by atoms with van der Waals surface area (Å²) in [6.45, 7) is 5.44. The summed E-state index contributed by atoms with van der Waals surface area (Å²) in [6, 6.07) is 7.63. The van der Waals surface area contributed by atoms with Crippen molar-refractivity contribution >= 4 is 17.7 Å². The molecule has 0 N–H and O–H groups in total. The van der Waals surface area contributed by atoms with E-state index in [4.69, 9.17) is 0 Å². The van der Waals surface area contributed by atoms with Gasteiger partial charge in [0, 0.05) is 0 Å². The van der Waals surface area contributed by atoms with Crippen molar-refractivity contribution in [3.8, 4) is 0 Å². The number of aryl methyl sites for hydroxylation is 1. The van der Waals surface area contributed by atoms with Gasteiger partial charge in [-0.15, -0.1) is 0 Å². The minimum atomic E-state index is 0.356. The maximum atomic E-state index is 10.4. The number of hydrogen-bond donors (Lipinski definition) is 0. The Hall–Kier alpha value is -1.70. The highest BCUT2D eigenvalue weighted by Crippen LogP contribution is 2.16. The number of nitrogens with zero attached hydrogens (tertiary/aromatic N) is 1. The second-order valence-electron chi connectivity index (χ2n) is 2.65. The van der Waals surface area contributed by atoms with Crippen LogP contribution in [0.1, 0.15) is 5.56 Å². The summed E-state index contributed by atoms with van der Waals surface area (Å²) in [5.74, 6) is 0. The highest BCUT2D eigenvalue weighted by Gasteiger charge is 1.95. The third-order valence-corrected chi connectivity index (χ3v) is 1.69. The summed E-state index contributed by atoms with van der Waals surface area (Å²) in [5, 5.41) is 0. The van der Waals surface area contributed by atoms with Gasteiger partial charge in [0.05, 0.1) is 5.69 Å². The van der Waals surface area contributed by atoms with Crippen LogP contribution in [-0.2, 0) is 4.79 Å². The zero-order valence-corrected chi connectivity index (χ0v) is 7.53. The zero-order chi connectivity index (χ0) is 9.68. The zero-order valence-electron chi connectivity index (χ0n) is 7.53. The van der Waals surface area contributed by atoms with E-state index in [1.54, 1.807) is 0 Å². The van der Waals surface area contributed by atoms with Gasteiger partial charge in [0.1, 0.15) is 5.71 Å². The fourth-order valence-corrected chi connectivity index (χ4v) is 0.948. The lowest BCUT2D eigenvalue weighted by Gasteiger charge is -1.98. The summed E-state index contributed by atoms with van der Waals surface area (Å²) < 4.78 is 0. The van der Waals surface area contributed by atoms with Gasteiger partial charge in [-0.25, -0.2) is 4.99 Å². The highest BCUT2D eigenvalue weighted by atomic mass is 16.1. The number of aldehydes is 1. The first-order valence-electron chi connectivity index (χ1n) is 4.00. The van der Waals surface area contributed by atoms with E-state index in [-0.39, 0.29) is 0 Å². The maximum absolute atomic E-state index is 10.4. The van der Waals surface area contributed by atoms with Gasteiger partial charge in [-0.3, -0.25) is 4.79 Å². The van der Waals surface area contributed by atoms with Gasteiger partial charge in [-0.1, -0.05) is 24.8 Å². The summed E-state index contributed by atoms with van der Waals surface area (Å²) in [5.41, 5.74) is 2.21. The third kappa shape index (κ3) is 2.37. The van der Waals surface area contributed by atoms with Crippen LogP contribution in [0.15, 0.2) is 41.9 Å². The monoisotopic (exact) mass is 173 g/mol. The molecule has 0 radical (unpaired) electrons. The predicted molar refractivity (Wildman–Crippen MR) is 54.5 cm³/mol. The third-order valence-electron chi connectivity index (χ3n) is 1.69. The van der Waals surface area contributed by atoms with Crippen LogP contribution >= 0.6 is 0 Å². The van der Waals surface area contributed by atoms with Gasteiger partial charge < -0.3 is 0 Å². The van der Waals surface area contributed by atoms with Crippen molar-refractivity contribution in [2.45, 2.75) is 6.92 Å². The number of aliphatic imine (C=N–C) groups is 1. The summed E-state index contributed by atoms with van der Waals surface area (Å²) in [6.07, 6.45) is 2.14. The van der Waals surface area contributed by atoms with E-state index in [1.807, 2.05) is 31.2 Å². The topological polar surface area (TPSA) is 29.4 Å². The first kappa shape index (κ1) is 9.39.